The summed E-state index contributed by atoms with van der Waals surface area (Å²) in [5.41, 5.74) is 0.435. The van der Waals surface area contributed by atoms with E-state index < -0.39 is 17.6 Å². The molecule has 0 aromatic heterocycles. The molecular formula is C17H23F2NO3. The van der Waals surface area contributed by atoms with Crippen molar-refractivity contribution >= 4 is 11.9 Å². The molecule has 1 aromatic carbocycles. The maximum Gasteiger partial charge on any atom is 0.305 e. The van der Waals surface area contributed by atoms with Crippen LogP contribution in [0.2, 0.25) is 0 Å². The quantitative estimate of drug-likeness (QED) is 0.754. The summed E-state index contributed by atoms with van der Waals surface area (Å²) in [4.78, 5) is 24.7. The fourth-order valence-electron chi connectivity index (χ4n) is 2.30. The van der Waals surface area contributed by atoms with E-state index in [0.717, 1.165) is 31.4 Å². The average molecular weight is 327 g/mol. The van der Waals surface area contributed by atoms with Crippen molar-refractivity contribution in [3.63, 3.8) is 0 Å². The minimum Gasteiger partial charge on any atom is -0.481 e. The Morgan fingerprint density at radius 3 is 2.52 bits per heavy atom. The summed E-state index contributed by atoms with van der Waals surface area (Å²) in [6.07, 6.45) is 2.41. The highest BCUT2D eigenvalue weighted by atomic mass is 19.2. The first-order valence-electron chi connectivity index (χ1n) is 7.79. The molecule has 0 bridgehead atoms. The van der Waals surface area contributed by atoms with Crippen LogP contribution in [0.4, 0.5) is 8.78 Å². The predicted octanol–water partition coefficient (Wildman–Crippen LogP) is 3.59. The van der Waals surface area contributed by atoms with Gasteiger partial charge in [-0.25, -0.2) is 8.78 Å². The Kier molecular flexibility index (Phi) is 7.65. The molecule has 0 spiro atoms. The van der Waals surface area contributed by atoms with Crippen molar-refractivity contribution in [3.8, 4) is 0 Å². The number of hydrogen-bond acceptors (Lipinski definition) is 2. The van der Waals surface area contributed by atoms with Crippen molar-refractivity contribution in [2.45, 2.75) is 46.1 Å². The molecule has 1 N–H and O–H groups in total. The monoisotopic (exact) mass is 327 g/mol. The second-order valence-corrected chi connectivity index (χ2v) is 5.70. The van der Waals surface area contributed by atoms with Crippen LogP contribution in [0.15, 0.2) is 18.2 Å². The first kappa shape index (κ1) is 19.1. The van der Waals surface area contributed by atoms with Crippen LogP contribution in [-0.4, -0.2) is 28.4 Å². The Balaban J connectivity index is 2.83. The van der Waals surface area contributed by atoms with E-state index >= 15 is 0 Å². The molecule has 0 aliphatic rings. The Labute approximate surface area is 135 Å². The molecule has 23 heavy (non-hydrogen) atoms. The third-order valence-corrected chi connectivity index (χ3v) is 3.68. The number of rotatable bonds is 9. The van der Waals surface area contributed by atoms with Crippen molar-refractivity contribution in [1.82, 2.24) is 4.90 Å². The number of unbranched alkanes of at least 4 members (excludes halogenated alkanes) is 1. The van der Waals surface area contributed by atoms with E-state index in [4.69, 9.17) is 5.11 Å². The third-order valence-electron chi connectivity index (χ3n) is 3.68. The molecule has 4 nitrogen and oxygen atoms in total. The van der Waals surface area contributed by atoms with Gasteiger partial charge >= 0.3 is 5.97 Å². The molecule has 1 aromatic rings. The van der Waals surface area contributed by atoms with Gasteiger partial charge in [-0.1, -0.05) is 32.8 Å². The van der Waals surface area contributed by atoms with Gasteiger partial charge in [-0.2, -0.15) is 0 Å². The molecule has 0 aliphatic heterocycles. The van der Waals surface area contributed by atoms with Gasteiger partial charge < -0.3 is 10.0 Å². The van der Waals surface area contributed by atoms with Crippen molar-refractivity contribution in [3.05, 3.63) is 35.4 Å². The highest BCUT2D eigenvalue weighted by Crippen LogP contribution is 2.16. The van der Waals surface area contributed by atoms with Crippen molar-refractivity contribution in [1.29, 1.82) is 0 Å². The molecule has 0 radical (unpaired) electrons. The Bertz CT molecular complexity index is 549. The molecular weight excluding hydrogens is 304 g/mol. The molecule has 1 atom stereocenters. The van der Waals surface area contributed by atoms with Gasteiger partial charge in [0, 0.05) is 19.0 Å². The highest BCUT2D eigenvalue weighted by Gasteiger charge is 2.21. The van der Waals surface area contributed by atoms with Crippen LogP contribution in [0.3, 0.4) is 0 Å². The molecule has 0 saturated heterocycles. The van der Waals surface area contributed by atoms with Crippen molar-refractivity contribution < 1.29 is 23.5 Å². The number of carboxylic acids is 1. The summed E-state index contributed by atoms with van der Waals surface area (Å²) >= 11 is 0. The second kappa shape index (κ2) is 9.22. The first-order chi connectivity index (χ1) is 10.8. The highest BCUT2D eigenvalue weighted by molar-refractivity contribution is 5.79. The lowest BCUT2D eigenvalue weighted by Gasteiger charge is -2.25. The van der Waals surface area contributed by atoms with Crippen molar-refractivity contribution in [2.75, 3.05) is 6.54 Å². The second-order valence-electron chi connectivity index (χ2n) is 5.70. The Hall–Kier alpha value is -1.98. The van der Waals surface area contributed by atoms with Gasteiger partial charge in [0.05, 0.1) is 6.42 Å². The summed E-state index contributed by atoms with van der Waals surface area (Å²) in [7, 11) is 0. The van der Waals surface area contributed by atoms with E-state index in [1.807, 2.05) is 6.92 Å². The van der Waals surface area contributed by atoms with Gasteiger partial charge in [-0.15, -0.1) is 0 Å². The van der Waals surface area contributed by atoms with E-state index in [9.17, 15) is 18.4 Å². The topological polar surface area (TPSA) is 57.6 Å². The Morgan fingerprint density at radius 1 is 1.26 bits per heavy atom. The molecule has 1 amide bonds. The fraction of sp³-hybridized carbons (Fsp3) is 0.529. The first-order valence-corrected chi connectivity index (χ1v) is 7.79. The minimum absolute atomic E-state index is 0.0453. The summed E-state index contributed by atoms with van der Waals surface area (Å²) < 4.78 is 26.3. The number of carbonyl (C=O) groups is 2. The smallest absolute Gasteiger partial charge is 0.305 e. The van der Waals surface area contributed by atoms with Crippen LogP contribution in [0, 0.1) is 17.6 Å². The molecule has 0 aliphatic carbocycles. The lowest BCUT2D eigenvalue weighted by Crippen LogP contribution is -2.36. The number of benzene rings is 1. The van der Waals surface area contributed by atoms with Crippen LogP contribution < -0.4 is 0 Å². The number of aliphatic carboxylic acids is 1. The average Bonchev–Trinajstić information content (AvgIpc) is 2.51. The van der Waals surface area contributed by atoms with Crippen LogP contribution in [0.1, 0.15) is 45.1 Å². The Morgan fingerprint density at radius 2 is 1.96 bits per heavy atom. The van der Waals surface area contributed by atoms with E-state index in [2.05, 4.69) is 0 Å². The number of carbonyl (C=O) groups excluding carboxylic acids is 1. The number of nitrogens with zero attached hydrogens (tertiary/aromatic N) is 1. The van der Waals surface area contributed by atoms with Crippen LogP contribution in [-0.2, 0) is 16.1 Å². The zero-order valence-electron chi connectivity index (χ0n) is 13.5. The number of hydrogen-bond donors (Lipinski definition) is 1. The van der Waals surface area contributed by atoms with E-state index in [1.54, 1.807) is 6.92 Å². The molecule has 6 heteroatoms. The van der Waals surface area contributed by atoms with Gasteiger partial charge in [0.1, 0.15) is 0 Å². The number of amides is 1. The molecule has 1 rings (SSSR count). The summed E-state index contributed by atoms with van der Waals surface area (Å²) in [6, 6.07) is 3.44. The lowest BCUT2D eigenvalue weighted by molar-refractivity contribution is -0.140. The van der Waals surface area contributed by atoms with Crippen LogP contribution in [0.5, 0.6) is 0 Å². The molecule has 128 valence electrons. The minimum atomic E-state index is -1.01. The normalized spacial score (nSPS) is 12.0. The fourth-order valence-corrected chi connectivity index (χ4v) is 2.30. The third kappa shape index (κ3) is 6.34. The zero-order valence-corrected chi connectivity index (χ0v) is 13.5. The van der Waals surface area contributed by atoms with Crippen LogP contribution in [0.25, 0.3) is 0 Å². The maximum absolute atomic E-state index is 13.3. The number of carboxylic acid groups (broad SMARTS) is 1. The molecule has 1 unspecified atom stereocenters. The van der Waals surface area contributed by atoms with Gasteiger partial charge in [0.25, 0.3) is 0 Å². The van der Waals surface area contributed by atoms with Gasteiger partial charge in [0.15, 0.2) is 11.6 Å². The maximum atomic E-state index is 13.3. The molecule has 0 heterocycles. The lowest BCUT2D eigenvalue weighted by atomic mass is 10.0. The molecule has 0 fully saturated rings. The van der Waals surface area contributed by atoms with Gasteiger partial charge in [-0.05, 0) is 24.1 Å². The summed E-state index contributed by atoms with van der Waals surface area (Å²) in [5, 5.41) is 8.82. The zero-order chi connectivity index (χ0) is 17.4. The summed E-state index contributed by atoms with van der Waals surface area (Å²) in [5.74, 6) is -3.33. The SMILES string of the molecule is CCCCC(C)C(=O)N(CCC(=O)O)Cc1ccc(F)c(F)c1. The van der Waals surface area contributed by atoms with E-state index in [0.29, 0.717) is 5.56 Å². The predicted molar refractivity (Wildman–Crippen MR) is 82.7 cm³/mol. The largest absolute Gasteiger partial charge is 0.481 e. The molecule has 0 saturated carbocycles. The van der Waals surface area contributed by atoms with Gasteiger partial charge in [0.2, 0.25) is 5.91 Å². The standard InChI is InChI=1S/C17H23F2NO3/c1-3-4-5-12(2)17(23)20(9-8-16(21)22)11-13-6-7-14(18)15(19)10-13/h6-7,10,12H,3-5,8-9,11H2,1-2H3,(H,21,22). The number of halogens is 2. The summed E-state index contributed by atoms with van der Waals surface area (Å²) in [6.45, 7) is 3.95. The van der Waals surface area contributed by atoms with E-state index in [-0.39, 0.29) is 31.3 Å². The van der Waals surface area contributed by atoms with Crippen LogP contribution >= 0.6 is 0 Å². The van der Waals surface area contributed by atoms with Crippen molar-refractivity contribution in [2.24, 2.45) is 5.92 Å². The van der Waals surface area contributed by atoms with Gasteiger partial charge in [-0.3, -0.25) is 9.59 Å². The van der Waals surface area contributed by atoms with E-state index in [1.165, 1.54) is 11.0 Å².